The summed E-state index contributed by atoms with van der Waals surface area (Å²) in [6.07, 6.45) is 0.831. The Morgan fingerprint density at radius 3 is 2.56 bits per heavy atom. The van der Waals surface area contributed by atoms with E-state index in [1.807, 2.05) is 47.8 Å². The number of carbonyl (C=O) groups excluding carboxylic acids is 1. The number of rotatable bonds is 8. The van der Waals surface area contributed by atoms with Crippen molar-refractivity contribution in [3.05, 3.63) is 101 Å². The molecule has 2 aromatic carbocycles. The highest BCUT2D eigenvalue weighted by atomic mass is 32.1. The van der Waals surface area contributed by atoms with E-state index in [-0.39, 0.29) is 24.9 Å². The topological polar surface area (TPSA) is 114 Å². The predicted octanol–water partition coefficient (Wildman–Crippen LogP) is 6.04. The maximum atomic E-state index is 13.7. The number of anilines is 2. The van der Waals surface area contributed by atoms with Crippen molar-refractivity contribution in [1.29, 1.82) is 0 Å². The molecular weight excluding hydrogens is 543 g/mol. The summed E-state index contributed by atoms with van der Waals surface area (Å²) in [5.41, 5.74) is 2.26. The van der Waals surface area contributed by atoms with Crippen LogP contribution in [0.1, 0.15) is 23.9 Å². The van der Waals surface area contributed by atoms with Crippen molar-refractivity contribution in [2.75, 3.05) is 23.8 Å². The maximum absolute atomic E-state index is 13.7. The lowest BCUT2D eigenvalue weighted by atomic mass is 9.91. The van der Waals surface area contributed by atoms with Crippen LogP contribution in [0.5, 0.6) is 0 Å². The van der Waals surface area contributed by atoms with E-state index >= 15 is 0 Å². The summed E-state index contributed by atoms with van der Waals surface area (Å²) >= 11 is 1.65. The number of nitrogens with zero attached hydrogens (tertiary/aromatic N) is 3. The van der Waals surface area contributed by atoms with E-state index in [0.29, 0.717) is 46.7 Å². The van der Waals surface area contributed by atoms with Gasteiger partial charge in [0.2, 0.25) is 18.1 Å². The van der Waals surface area contributed by atoms with Crippen molar-refractivity contribution >= 4 is 28.9 Å². The average Bonchev–Trinajstić information content (AvgIpc) is 3.69. The molecule has 1 fully saturated rings. The van der Waals surface area contributed by atoms with E-state index in [4.69, 9.17) is 19.4 Å². The highest BCUT2D eigenvalue weighted by Crippen LogP contribution is 2.36. The lowest BCUT2D eigenvalue weighted by molar-refractivity contribution is -0.229. The number of hydrogen-bond donors (Lipinski definition) is 3. The summed E-state index contributed by atoms with van der Waals surface area (Å²) in [7, 11) is 0. The van der Waals surface area contributed by atoms with E-state index in [9.17, 15) is 9.18 Å². The molecule has 0 saturated carbocycles. The zero-order valence-electron chi connectivity index (χ0n) is 22.1. The smallest absolute Gasteiger partial charge is 0.234 e. The van der Waals surface area contributed by atoms with Gasteiger partial charge < -0.3 is 25.1 Å². The van der Waals surface area contributed by atoms with Gasteiger partial charge in [-0.05, 0) is 60.8 Å². The molecule has 1 amide bonds. The molecule has 5 aromatic rings. The van der Waals surface area contributed by atoms with Crippen LogP contribution in [0.4, 0.5) is 16.0 Å². The Balaban J connectivity index is 1.24. The van der Waals surface area contributed by atoms with Crippen LogP contribution in [0.25, 0.3) is 22.6 Å². The van der Waals surface area contributed by atoms with Crippen LogP contribution in [-0.2, 0) is 20.8 Å². The molecule has 0 radical (unpaired) electrons. The molecule has 0 atom stereocenters. The molecule has 1 aliphatic heterocycles. The van der Waals surface area contributed by atoms with Gasteiger partial charge in [-0.25, -0.2) is 19.3 Å². The first kappa shape index (κ1) is 26.8. The summed E-state index contributed by atoms with van der Waals surface area (Å²) in [5, 5.41) is 8.18. The normalized spacial score (nSPS) is 18.6. The van der Waals surface area contributed by atoms with E-state index in [2.05, 4.69) is 20.6 Å². The molecule has 0 spiro atoms. The second kappa shape index (κ2) is 11.6. The molecule has 9 nitrogen and oxygen atoms in total. The molecule has 6 rings (SSSR count). The molecule has 3 N–H and O–H groups in total. The van der Waals surface area contributed by atoms with Crippen LogP contribution in [0, 0.1) is 11.2 Å². The number of hydrogen-bond acceptors (Lipinski definition) is 8. The largest absolute Gasteiger partial charge is 0.349 e. The number of amides is 1. The lowest BCUT2D eigenvalue weighted by Crippen LogP contribution is -2.45. The third-order valence-electron chi connectivity index (χ3n) is 6.66. The van der Waals surface area contributed by atoms with Crippen molar-refractivity contribution < 1.29 is 18.7 Å². The molecule has 11 heteroatoms. The van der Waals surface area contributed by atoms with Crippen LogP contribution in [0.2, 0.25) is 0 Å². The van der Waals surface area contributed by atoms with Gasteiger partial charge in [0, 0.05) is 22.3 Å². The third-order valence-corrected chi connectivity index (χ3v) is 7.54. The first-order valence-electron chi connectivity index (χ1n) is 13.0. The van der Waals surface area contributed by atoms with Gasteiger partial charge in [-0.3, -0.25) is 4.79 Å². The minimum absolute atomic E-state index is 0.128. The Bertz CT molecular complexity index is 1620. The first-order valence-corrected chi connectivity index (χ1v) is 13.9. The highest BCUT2D eigenvalue weighted by molar-refractivity contribution is 7.09. The summed E-state index contributed by atoms with van der Waals surface area (Å²) in [6.45, 7) is 2.65. The molecule has 1 aliphatic rings. The Kier molecular flexibility index (Phi) is 7.55. The zero-order chi connectivity index (χ0) is 28.2. The zero-order valence-corrected chi connectivity index (χ0v) is 23.0. The minimum atomic E-state index is -0.892. The summed E-state index contributed by atoms with van der Waals surface area (Å²) < 4.78 is 25.8. The number of halogens is 1. The van der Waals surface area contributed by atoms with Crippen LogP contribution in [0.15, 0.2) is 84.4 Å². The molecule has 3 aromatic heterocycles. The monoisotopic (exact) mass is 570 g/mol. The van der Waals surface area contributed by atoms with Gasteiger partial charge in [0.25, 0.3) is 0 Å². The number of ether oxygens (including phenoxy) is 2. The fourth-order valence-corrected chi connectivity index (χ4v) is 5.01. The van der Waals surface area contributed by atoms with Gasteiger partial charge in [0.05, 0.1) is 42.3 Å². The second-order valence-electron chi connectivity index (χ2n) is 9.89. The number of carbonyl (C=O) groups is 1. The van der Waals surface area contributed by atoms with Crippen LogP contribution in [-0.4, -0.2) is 39.1 Å². The number of H-pyrrole nitrogens is 1. The summed E-state index contributed by atoms with van der Waals surface area (Å²) in [6, 6.07) is 21.1. The molecule has 0 unspecified atom stereocenters. The number of imidazole rings is 1. The quantitative estimate of drug-likeness (QED) is 0.209. The molecule has 208 valence electrons. The molecule has 0 bridgehead atoms. The van der Waals surface area contributed by atoms with E-state index < -0.39 is 11.7 Å². The fourth-order valence-electron chi connectivity index (χ4n) is 4.37. The summed E-state index contributed by atoms with van der Waals surface area (Å²) in [5.74, 6) is 0.331. The highest BCUT2D eigenvalue weighted by Gasteiger charge is 2.41. The van der Waals surface area contributed by atoms with Gasteiger partial charge in [-0.1, -0.05) is 24.3 Å². The van der Waals surface area contributed by atoms with Crippen molar-refractivity contribution in [1.82, 2.24) is 19.9 Å². The fraction of sp³-hybridized carbons (Fsp3) is 0.200. The number of nitrogens with one attached hydrogen (secondary N) is 3. The van der Waals surface area contributed by atoms with E-state index in [0.717, 1.165) is 4.88 Å². The van der Waals surface area contributed by atoms with E-state index in [1.54, 1.807) is 42.7 Å². The Labute approximate surface area is 239 Å². The second-order valence-corrected chi connectivity index (χ2v) is 10.9. The lowest BCUT2D eigenvalue weighted by Gasteiger charge is -2.35. The van der Waals surface area contributed by atoms with Gasteiger partial charge in [0.15, 0.2) is 5.82 Å². The van der Waals surface area contributed by atoms with Gasteiger partial charge in [0.1, 0.15) is 5.82 Å². The van der Waals surface area contributed by atoms with Crippen molar-refractivity contribution in [3.63, 3.8) is 0 Å². The first-order chi connectivity index (χ1) is 20.0. The van der Waals surface area contributed by atoms with Crippen molar-refractivity contribution in [2.45, 2.75) is 19.8 Å². The van der Waals surface area contributed by atoms with Gasteiger partial charge in [-0.15, -0.1) is 11.3 Å². The SMILES string of the molecule is CC1(C(=O)Nc2ccccc2)COC(c2nc(-c3ccc(F)cc3)c(-c3ccnc(NCc4cccs4)n3)[nH]2)OC1. The molecule has 0 aliphatic carbocycles. The average molecular weight is 571 g/mol. The molecule has 4 heterocycles. The van der Waals surface area contributed by atoms with Crippen LogP contribution in [0.3, 0.4) is 0 Å². The van der Waals surface area contributed by atoms with E-state index in [1.165, 1.54) is 12.1 Å². The predicted molar refractivity (Wildman–Crippen MR) is 154 cm³/mol. The van der Waals surface area contributed by atoms with Gasteiger partial charge in [-0.2, -0.15) is 0 Å². The number of para-hydroxylation sites is 1. The molecular formula is C30H27FN6O3S. The number of thiophene rings is 1. The molecule has 41 heavy (non-hydrogen) atoms. The molecule has 1 saturated heterocycles. The van der Waals surface area contributed by atoms with Crippen LogP contribution >= 0.6 is 11.3 Å². The van der Waals surface area contributed by atoms with Crippen molar-refractivity contribution in [2.24, 2.45) is 5.41 Å². The van der Waals surface area contributed by atoms with Crippen molar-refractivity contribution in [3.8, 4) is 22.6 Å². The minimum Gasteiger partial charge on any atom is -0.349 e. The Morgan fingerprint density at radius 1 is 1.05 bits per heavy atom. The number of benzene rings is 2. The number of aromatic nitrogens is 4. The number of aromatic amines is 1. The standard InChI is InChI=1S/C30H27FN6O3S/c1-30(28(38)34-21-6-3-2-4-7-21)17-39-27(40-18-30)26-36-24(19-9-11-20(31)12-10-19)25(37-26)23-13-14-32-29(35-23)33-16-22-8-5-15-41-22/h2-15,27H,16-18H2,1H3,(H,34,38)(H,36,37)(H,32,33,35). The van der Waals surface area contributed by atoms with Crippen LogP contribution < -0.4 is 10.6 Å². The summed E-state index contributed by atoms with van der Waals surface area (Å²) in [4.78, 5) is 31.3. The third kappa shape index (κ3) is 6.02. The maximum Gasteiger partial charge on any atom is 0.234 e. The Morgan fingerprint density at radius 2 is 1.83 bits per heavy atom. The van der Waals surface area contributed by atoms with Gasteiger partial charge >= 0.3 is 0 Å². The Hall–Kier alpha value is -4.45.